The maximum Gasteiger partial charge on any atom is 0.224 e. The van der Waals surface area contributed by atoms with Crippen molar-refractivity contribution < 1.29 is 4.79 Å². The van der Waals surface area contributed by atoms with Crippen LogP contribution in [0.15, 0.2) is 42.7 Å². The van der Waals surface area contributed by atoms with Crippen molar-refractivity contribution in [2.75, 3.05) is 13.1 Å². The van der Waals surface area contributed by atoms with Gasteiger partial charge in [0, 0.05) is 31.1 Å². The van der Waals surface area contributed by atoms with Crippen LogP contribution in [0.5, 0.6) is 0 Å². The summed E-state index contributed by atoms with van der Waals surface area (Å²) in [6.45, 7) is 6.69. The molecule has 1 aromatic carbocycles. The Labute approximate surface area is 130 Å². The van der Waals surface area contributed by atoms with Crippen molar-refractivity contribution >= 4 is 5.91 Å². The van der Waals surface area contributed by atoms with Gasteiger partial charge in [-0.05, 0) is 11.5 Å². The van der Waals surface area contributed by atoms with Crippen LogP contribution >= 0.6 is 0 Å². The second-order valence-electron chi connectivity index (χ2n) is 6.34. The lowest BCUT2D eigenvalue weighted by atomic mass is 9.66. The first-order chi connectivity index (χ1) is 10.6. The van der Waals surface area contributed by atoms with E-state index in [0.29, 0.717) is 18.9 Å². The summed E-state index contributed by atoms with van der Waals surface area (Å²) in [5.74, 6) is 0.706. The molecule has 1 fully saturated rings. The Morgan fingerprint density at radius 2 is 2.00 bits per heavy atom. The van der Waals surface area contributed by atoms with Crippen molar-refractivity contribution in [1.29, 1.82) is 0 Å². The highest BCUT2D eigenvalue weighted by Gasteiger charge is 2.48. The van der Waals surface area contributed by atoms with Crippen LogP contribution in [0.2, 0.25) is 0 Å². The summed E-state index contributed by atoms with van der Waals surface area (Å²) < 4.78 is 1.70. The Bertz CT molecular complexity index is 615. The van der Waals surface area contributed by atoms with Crippen LogP contribution in [0, 0.1) is 5.92 Å². The molecule has 3 rings (SSSR count). The summed E-state index contributed by atoms with van der Waals surface area (Å²) in [6.07, 6.45) is 3.89. The first-order valence-electron chi connectivity index (χ1n) is 7.79. The van der Waals surface area contributed by atoms with E-state index in [0.717, 1.165) is 13.1 Å². The van der Waals surface area contributed by atoms with Crippen LogP contribution < -0.4 is 0 Å². The van der Waals surface area contributed by atoms with Gasteiger partial charge >= 0.3 is 0 Å². The molecule has 5 heteroatoms. The van der Waals surface area contributed by atoms with Crippen molar-refractivity contribution in [1.82, 2.24) is 19.9 Å². The average molecular weight is 298 g/mol. The molecule has 22 heavy (non-hydrogen) atoms. The smallest absolute Gasteiger partial charge is 0.224 e. The average Bonchev–Trinajstić information content (AvgIpc) is 2.98. The molecule has 0 radical (unpaired) electrons. The first-order valence-corrected chi connectivity index (χ1v) is 7.79. The molecule has 0 spiro atoms. The van der Waals surface area contributed by atoms with Gasteiger partial charge in [-0.25, -0.2) is 0 Å². The molecule has 1 aliphatic rings. The largest absolute Gasteiger partial charge is 0.341 e. The summed E-state index contributed by atoms with van der Waals surface area (Å²) in [5.41, 5.74) is 1.44. The molecule has 2 heterocycles. The maximum atomic E-state index is 12.3. The summed E-state index contributed by atoms with van der Waals surface area (Å²) in [5, 5.41) is 7.64. The number of carbonyl (C=O) groups excluding carboxylic acids is 1. The molecule has 5 nitrogen and oxygen atoms in total. The van der Waals surface area contributed by atoms with Gasteiger partial charge in [0.25, 0.3) is 0 Å². The van der Waals surface area contributed by atoms with E-state index in [-0.39, 0.29) is 11.3 Å². The molecular formula is C17H22N4O. The highest BCUT2D eigenvalue weighted by Crippen LogP contribution is 2.41. The minimum Gasteiger partial charge on any atom is -0.341 e. The molecule has 0 bridgehead atoms. The summed E-state index contributed by atoms with van der Waals surface area (Å²) in [7, 11) is 0. The van der Waals surface area contributed by atoms with Crippen molar-refractivity contribution in [3.8, 4) is 0 Å². The van der Waals surface area contributed by atoms with Crippen LogP contribution in [0.1, 0.15) is 25.8 Å². The predicted octanol–water partition coefficient (Wildman–Crippen LogP) is 2.10. The molecule has 2 aromatic rings. The second kappa shape index (κ2) is 5.91. The Morgan fingerprint density at radius 1 is 1.27 bits per heavy atom. The van der Waals surface area contributed by atoms with Gasteiger partial charge in [0.05, 0.1) is 12.7 Å². The molecule has 0 N–H and O–H groups in total. The van der Waals surface area contributed by atoms with Gasteiger partial charge in [0.1, 0.15) is 0 Å². The van der Waals surface area contributed by atoms with E-state index in [1.807, 2.05) is 11.0 Å². The van der Waals surface area contributed by atoms with E-state index in [1.54, 1.807) is 17.1 Å². The number of likely N-dealkylation sites (tertiary alicyclic amines) is 1. The second-order valence-corrected chi connectivity index (χ2v) is 6.34. The van der Waals surface area contributed by atoms with Gasteiger partial charge in [0.15, 0.2) is 0 Å². The van der Waals surface area contributed by atoms with Gasteiger partial charge in [-0.2, -0.15) is 0 Å². The van der Waals surface area contributed by atoms with Gasteiger partial charge < -0.3 is 4.90 Å². The van der Waals surface area contributed by atoms with Crippen LogP contribution in [0.4, 0.5) is 0 Å². The number of hydrogen-bond acceptors (Lipinski definition) is 3. The zero-order valence-corrected chi connectivity index (χ0v) is 13.1. The monoisotopic (exact) mass is 298 g/mol. The Balaban J connectivity index is 1.62. The third kappa shape index (κ3) is 2.63. The maximum absolute atomic E-state index is 12.3. The number of aromatic nitrogens is 3. The third-order valence-corrected chi connectivity index (χ3v) is 4.78. The van der Waals surface area contributed by atoms with E-state index in [4.69, 9.17) is 0 Å². The van der Waals surface area contributed by atoms with E-state index < -0.39 is 0 Å². The van der Waals surface area contributed by atoms with Gasteiger partial charge in [0.2, 0.25) is 5.91 Å². The first kappa shape index (κ1) is 14.8. The van der Waals surface area contributed by atoms with Crippen LogP contribution in [0.25, 0.3) is 0 Å². The molecule has 1 amide bonds. The molecule has 0 atom stereocenters. The molecule has 0 aliphatic carbocycles. The SMILES string of the molecule is CC(C)C1(c2ccccc2)CN(C(=O)CCn2ccnn2)C1. The zero-order chi connectivity index (χ0) is 15.6. The minimum atomic E-state index is 0.101. The molecule has 1 aliphatic heterocycles. The molecule has 1 aromatic heterocycles. The van der Waals surface area contributed by atoms with Crippen molar-refractivity contribution in [2.45, 2.75) is 32.2 Å². The number of rotatable bonds is 5. The van der Waals surface area contributed by atoms with Crippen LogP contribution in [-0.4, -0.2) is 38.9 Å². The fraction of sp³-hybridized carbons (Fsp3) is 0.471. The van der Waals surface area contributed by atoms with Crippen LogP contribution in [0.3, 0.4) is 0 Å². The highest BCUT2D eigenvalue weighted by molar-refractivity contribution is 5.77. The molecular weight excluding hydrogens is 276 g/mol. The fourth-order valence-electron chi connectivity index (χ4n) is 3.18. The lowest BCUT2D eigenvalue weighted by Gasteiger charge is -2.53. The number of carbonyl (C=O) groups is 1. The highest BCUT2D eigenvalue weighted by atomic mass is 16.2. The number of amides is 1. The van der Waals surface area contributed by atoms with E-state index >= 15 is 0 Å². The van der Waals surface area contributed by atoms with Crippen molar-refractivity contribution in [3.05, 3.63) is 48.3 Å². The van der Waals surface area contributed by atoms with E-state index in [2.05, 4.69) is 48.4 Å². The third-order valence-electron chi connectivity index (χ3n) is 4.78. The van der Waals surface area contributed by atoms with E-state index in [9.17, 15) is 4.79 Å². The number of aryl methyl sites for hydroxylation is 1. The van der Waals surface area contributed by atoms with Gasteiger partial charge in [-0.15, -0.1) is 5.10 Å². The number of benzene rings is 1. The van der Waals surface area contributed by atoms with E-state index in [1.165, 1.54) is 5.56 Å². The summed E-state index contributed by atoms with van der Waals surface area (Å²) in [4.78, 5) is 14.3. The van der Waals surface area contributed by atoms with Crippen LogP contribution in [-0.2, 0) is 16.8 Å². The van der Waals surface area contributed by atoms with Crippen molar-refractivity contribution in [3.63, 3.8) is 0 Å². The molecule has 116 valence electrons. The normalized spacial score (nSPS) is 16.6. The fourth-order valence-corrected chi connectivity index (χ4v) is 3.18. The topological polar surface area (TPSA) is 51.0 Å². The Morgan fingerprint density at radius 3 is 2.59 bits per heavy atom. The quantitative estimate of drug-likeness (QED) is 0.849. The molecule has 0 saturated carbocycles. The minimum absolute atomic E-state index is 0.101. The summed E-state index contributed by atoms with van der Waals surface area (Å²) in [6, 6.07) is 10.6. The van der Waals surface area contributed by atoms with Gasteiger partial charge in [-0.3, -0.25) is 9.48 Å². The molecule has 0 unspecified atom stereocenters. The number of hydrogen-bond donors (Lipinski definition) is 0. The molecule has 1 saturated heterocycles. The predicted molar refractivity (Wildman–Crippen MR) is 84.2 cm³/mol. The van der Waals surface area contributed by atoms with Crippen molar-refractivity contribution in [2.24, 2.45) is 5.92 Å². The van der Waals surface area contributed by atoms with Gasteiger partial charge in [-0.1, -0.05) is 49.4 Å². The summed E-state index contributed by atoms with van der Waals surface area (Å²) >= 11 is 0. The number of nitrogens with zero attached hydrogens (tertiary/aromatic N) is 4. The lowest BCUT2D eigenvalue weighted by Crippen LogP contribution is -2.63. The lowest BCUT2D eigenvalue weighted by molar-refractivity contribution is -0.141. The Hall–Kier alpha value is -2.17. The standard InChI is InChI=1S/C17H22N4O/c1-14(2)17(15-6-4-3-5-7-15)12-20(13-17)16(22)8-10-21-11-9-18-19-21/h3-7,9,11,14H,8,10,12-13H2,1-2H3. The Kier molecular flexibility index (Phi) is 3.96. The zero-order valence-electron chi connectivity index (χ0n) is 13.1.